The Bertz CT molecular complexity index is 1120. The summed E-state index contributed by atoms with van der Waals surface area (Å²) in [5.41, 5.74) is 1.45. The lowest BCUT2D eigenvalue weighted by molar-refractivity contribution is 0.102. The molecule has 0 fully saturated rings. The van der Waals surface area contributed by atoms with E-state index in [1.165, 1.54) is 6.33 Å². The number of aromatic nitrogens is 5. The third-order valence-electron chi connectivity index (χ3n) is 3.69. The Hall–Kier alpha value is -3.52. The number of nitrogens with one attached hydrogen (secondary N) is 1. The first kappa shape index (κ1) is 16.9. The number of amides is 1. The topological polar surface area (TPSA) is 98.7 Å². The predicted octanol–water partition coefficient (Wildman–Crippen LogP) is 3.53. The molecule has 0 aliphatic carbocycles. The van der Waals surface area contributed by atoms with Crippen molar-refractivity contribution >= 4 is 23.2 Å². The molecule has 1 N–H and O–H groups in total. The van der Waals surface area contributed by atoms with Crippen LogP contribution in [0.5, 0.6) is 0 Å². The van der Waals surface area contributed by atoms with Gasteiger partial charge < -0.3 is 9.84 Å². The Kier molecular flexibility index (Phi) is 4.39. The third-order valence-corrected chi connectivity index (χ3v) is 3.92. The second kappa shape index (κ2) is 7.00. The van der Waals surface area contributed by atoms with E-state index in [1.807, 2.05) is 0 Å². The maximum atomic E-state index is 12.4. The zero-order valence-electron chi connectivity index (χ0n) is 14.1. The summed E-state index contributed by atoms with van der Waals surface area (Å²) >= 11 is 5.94. The number of carbonyl (C=O) groups excluding carboxylic acids is 1. The van der Waals surface area contributed by atoms with E-state index >= 15 is 0 Å². The Morgan fingerprint density at radius 1 is 1.22 bits per heavy atom. The molecule has 1 aromatic carbocycles. The Labute approximate surface area is 158 Å². The van der Waals surface area contributed by atoms with Crippen LogP contribution in [-0.4, -0.2) is 30.6 Å². The molecule has 8 nitrogen and oxygen atoms in total. The molecule has 3 aromatic heterocycles. The van der Waals surface area contributed by atoms with Gasteiger partial charge in [0, 0.05) is 23.1 Å². The zero-order valence-corrected chi connectivity index (χ0v) is 14.9. The lowest BCUT2D eigenvalue weighted by Crippen LogP contribution is -2.12. The third kappa shape index (κ3) is 3.56. The van der Waals surface area contributed by atoms with Crippen LogP contribution in [0.3, 0.4) is 0 Å². The van der Waals surface area contributed by atoms with Gasteiger partial charge in [-0.3, -0.25) is 9.36 Å². The molecule has 0 aliphatic rings. The highest BCUT2D eigenvalue weighted by Gasteiger charge is 2.16. The number of aryl methyl sites for hydroxylation is 1. The minimum atomic E-state index is -0.359. The summed E-state index contributed by atoms with van der Waals surface area (Å²) in [6.07, 6.45) is 4.71. The van der Waals surface area contributed by atoms with Crippen molar-refractivity contribution in [3.05, 3.63) is 71.7 Å². The first-order chi connectivity index (χ1) is 13.1. The molecular formula is C18H13ClN6O2. The lowest BCUT2D eigenvalue weighted by atomic mass is 10.2. The number of hydrogen-bond acceptors (Lipinski definition) is 6. The van der Waals surface area contributed by atoms with E-state index in [4.69, 9.17) is 16.1 Å². The molecular weight excluding hydrogens is 368 g/mol. The van der Waals surface area contributed by atoms with Crippen molar-refractivity contribution in [3.8, 4) is 17.3 Å². The van der Waals surface area contributed by atoms with E-state index in [0.29, 0.717) is 33.8 Å². The molecule has 27 heavy (non-hydrogen) atoms. The zero-order chi connectivity index (χ0) is 18.8. The fourth-order valence-corrected chi connectivity index (χ4v) is 2.68. The van der Waals surface area contributed by atoms with Crippen molar-refractivity contribution in [3.63, 3.8) is 0 Å². The van der Waals surface area contributed by atoms with Gasteiger partial charge in [0.2, 0.25) is 0 Å². The fourth-order valence-electron chi connectivity index (χ4n) is 2.49. The normalized spacial score (nSPS) is 10.7. The molecule has 0 unspecified atom stereocenters. The second-order valence-electron chi connectivity index (χ2n) is 5.65. The van der Waals surface area contributed by atoms with E-state index in [0.717, 1.165) is 0 Å². The largest absolute Gasteiger partial charge is 0.334 e. The SMILES string of the molecule is Cc1noc(-c2cccnc2-n2cnc(C(=O)Nc3cccc(Cl)c3)c2)n1. The Balaban J connectivity index is 1.63. The molecule has 0 saturated heterocycles. The summed E-state index contributed by atoms with van der Waals surface area (Å²) in [5.74, 6) is 1.03. The molecule has 3 heterocycles. The number of hydrogen-bond donors (Lipinski definition) is 1. The van der Waals surface area contributed by atoms with Gasteiger partial charge in [0.1, 0.15) is 12.0 Å². The summed E-state index contributed by atoms with van der Waals surface area (Å²) in [5, 5.41) is 7.09. The number of carbonyl (C=O) groups is 1. The Morgan fingerprint density at radius 3 is 2.89 bits per heavy atom. The smallest absolute Gasteiger partial charge is 0.275 e. The van der Waals surface area contributed by atoms with Gasteiger partial charge in [-0.1, -0.05) is 22.8 Å². The van der Waals surface area contributed by atoms with Crippen LogP contribution in [0.1, 0.15) is 16.3 Å². The molecule has 0 aliphatic heterocycles. The second-order valence-corrected chi connectivity index (χ2v) is 6.09. The van der Waals surface area contributed by atoms with Crippen LogP contribution in [0.4, 0.5) is 5.69 Å². The molecule has 1 amide bonds. The van der Waals surface area contributed by atoms with Crippen LogP contribution >= 0.6 is 11.6 Å². The average molecular weight is 381 g/mol. The minimum Gasteiger partial charge on any atom is -0.334 e. The van der Waals surface area contributed by atoms with E-state index in [2.05, 4.69) is 25.4 Å². The molecule has 0 bridgehead atoms. The maximum Gasteiger partial charge on any atom is 0.275 e. The van der Waals surface area contributed by atoms with Crippen molar-refractivity contribution in [2.45, 2.75) is 6.92 Å². The van der Waals surface area contributed by atoms with E-state index < -0.39 is 0 Å². The van der Waals surface area contributed by atoms with Gasteiger partial charge in [-0.2, -0.15) is 4.98 Å². The molecule has 134 valence electrons. The van der Waals surface area contributed by atoms with Crippen molar-refractivity contribution in [2.75, 3.05) is 5.32 Å². The van der Waals surface area contributed by atoms with Crippen molar-refractivity contribution in [1.29, 1.82) is 0 Å². The number of imidazole rings is 1. The molecule has 4 rings (SSSR count). The van der Waals surface area contributed by atoms with Crippen molar-refractivity contribution in [2.24, 2.45) is 0 Å². The lowest BCUT2D eigenvalue weighted by Gasteiger charge is -2.05. The van der Waals surface area contributed by atoms with Gasteiger partial charge in [0.25, 0.3) is 11.8 Å². The summed E-state index contributed by atoms with van der Waals surface area (Å²) in [6, 6.07) is 10.5. The molecule has 0 saturated carbocycles. The number of rotatable bonds is 4. The first-order valence-electron chi connectivity index (χ1n) is 7.97. The average Bonchev–Trinajstić information content (AvgIpc) is 3.31. The summed E-state index contributed by atoms with van der Waals surface area (Å²) in [7, 11) is 0. The highest BCUT2D eigenvalue weighted by molar-refractivity contribution is 6.30. The number of anilines is 1. The van der Waals surface area contributed by atoms with E-state index in [1.54, 1.807) is 60.3 Å². The Morgan fingerprint density at radius 2 is 2.11 bits per heavy atom. The number of nitrogens with zero attached hydrogens (tertiary/aromatic N) is 5. The first-order valence-corrected chi connectivity index (χ1v) is 8.35. The van der Waals surface area contributed by atoms with E-state index in [9.17, 15) is 4.79 Å². The summed E-state index contributed by atoms with van der Waals surface area (Å²) in [4.78, 5) is 25.2. The van der Waals surface area contributed by atoms with Crippen LogP contribution in [-0.2, 0) is 0 Å². The quantitative estimate of drug-likeness (QED) is 0.581. The fraction of sp³-hybridized carbons (Fsp3) is 0.0556. The summed E-state index contributed by atoms with van der Waals surface area (Å²) < 4.78 is 6.86. The predicted molar refractivity (Wildman–Crippen MR) is 98.8 cm³/mol. The number of halogens is 1. The number of pyridine rings is 1. The molecule has 0 atom stereocenters. The number of benzene rings is 1. The molecule has 0 radical (unpaired) electrons. The molecule has 9 heteroatoms. The van der Waals surface area contributed by atoms with Crippen LogP contribution in [0.2, 0.25) is 5.02 Å². The maximum absolute atomic E-state index is 12.4. The highest BCUT2D eigenvalue weighted by atomic mass is 35.5. The van der Waals surface area contributed by atoms with Gasteiger partial charge in [0.05, 0.1) is 5.56 Å². The van der Waals surface area contributed by atoms with Crippen LogP contribution < -0.4 is 5.32 Å². The van der Waals surface area contributed by atoms with E-state index in [-0.39, 0.29) is 11.6 Å². The van der Waals surface area contributed by atoms with Crippen LogP contribution in [0, 0.1) is 6.92 Å². The minimum absolute atomic E-state index is 0.230. The summed E-state index contributed by atoms with van der Waals surface area (Å²) in [6.45, 7) is 1.73. The van der Waals surface area contributed by atoms with Crippen LogP contribution in [0.15, 0.2) is 59.6 Å². The highest BCUT2D eigenvalue weighted by Crippen LogP contribution is 2.23. The van der Waals surface area contributed by atoms with Crippen LogP contribution in [0.25, 0.3) is 17.3 Å². The van der Waals surface area contributed by atoms with Gasteiger partial charge in [-0.25, -0.2) is 9.97 Å². The van der Waals surface area contributed by atoms with Crippen molar-refractivity contribution in [1.82, 2.24) is 24.7 Å². The van der Waals surface area contributed by atoms with Crippen molar-refractivity contribution < 1.29 is 9.32 Å². The molecule has 4 aromatic rings. The van der Waals surface area contributed by atoms with Gasteiger partial charge in [0.15, 0.2) is 11.6 Å². The molecule has 0 spiro atoms. The standard InChI is InChI=1S/C18H13ClN6O2/c1-11-22-18(27-24-11)14-6-3-7-20-16(14)25-9-15(21-10-25)17(26)23-13-5-2-4-12(19)8-13/h2-10H,1H3,(H,23,26). The van der Waals surface area contributed by atoms with Gasteiger partial charge >= 0.3 is 0 Å². The monoisotopic (exact) mass is 380 g/mol. The van der Waals surface area contributed by atoms with Gasteiger partial charge in [-0.15, -0.1) is 0 Å². The van der Waals surface area contributed by atoms with Gasteiger partial charge in [-0.05, 0) is 37.3 Å².